The van der Waals surface area contributed by atoms with Crippen LogP contribution in [0.5, 0.6) is 11.5 Å². The van der Waals surface area contributed by atoms with E-state index in [0.717, 1.165) is 40.6 Å². The Labute approximate surface area is 152 Å². The third-order valence-corrected chi connectivity index (χ3v) is 4.86. The van der Waals surface area contributed by atoms with Crippen LogP contribution in [0.3, 0.4) is 0 Å². The predicted octanol–water partition coefficient (Wildman–Crippen LogP) is 2.41. The quantitative estimate of drug-likeness (QED) is 0.580. The molecule has 4 N–H and O–H groups in total. The molecule has 26 heavy (non-hydrogen) atoms. The van der Waals surface area contributed by atoms with Gasteiger partial charge in [0.1, 0.15) is 0 Å². The van der Waals surface area contributed by atoms with Gasteiger partial charge in [-0.15, -0.1) is 0 Å². The number of nitrogens with two attached hydrogens (primary N) is 1. The second-order valence-corrected chi connectivity index (χ2v) is 6.74. The highest BCUT2D eigenvalue weighted by atomic mass is 16.7. The molecule has 0 radical (unpaired) electrons. The van der Waals surface area contributed by atoms with Gasteiger partial charge in [-0.05, 0) is 54.3 Å². The number of amidine groups is 1. The van der Waals surface area contributed by atoms with Crippen molar-refractivity contribution in [3.05, 3.63) is 53.1 Å². The number of hydrogen-bond donors (Lipinski definition) is 3. The summed E-state index contributed by atoms with van der Waals surface area (Å²) in [6.07, 6.45) is 0.966. The number of aliphatic hydroxyl groups is 1. The average Bonchev–Trinajstić information content (AvgIpc) is 3.20. The van der Waals surface area contributed by atoms with Crippen LogP contribution in [-0.4, -0.2) is 30.4 Å². The lowest BCUT2D eigenvalue weighted by Gasteiger charge is -2.11. The number of hydrogen-bond acceptors (Lipinski definition) is 5. The Hall–Kier alpha value is -2.57. The minimum Gasteiger partial charge on any atom is -0.454 e. The SMILES string of the molecule is CC(=NCCc1ccc2c(c1)OCO2)Nc1ccc2c(c1)[C@@H](N)[C@H](O)C2. The predicted molar refractivity (Wildman–Crippen MR) is 101 cm³/mol. The summed E-state index contributed by atoms with van der Waals surface area (Å²) in [5.74, 6) is 2.45. The van der Waals surface area contributed by atoms with Gasteiger partial charge in [-0.25, -0.2) is 0 Å². The Kier molecular flexibility index (Phi) is 4.53. The number of aliphatic imine (C=N–C) groups is 1. The van der Waals surface area contributed by atoms with E-state index in [-0.39, 0.29) is 6.04 Å². The first-order valence-corrected chi connectivity index (χ1v) is 8.83. The van der Waals surface area contributed by atoms with Gasteiger partial charge >= 0.3 is 0 Å². The van der Waals surface area contributed by atoms with Gasteiger partial charge in [0.05, 0.1) is 18.0 Å². The maximum atomic E-state index is 9.89. The lowest BCUT2D eigenvalue weighted by molar-refractivity contribution is 0.158. The van der Waals surface area contributed by atoms with Gasteiger partial charge in [-0.3, -0.25) is 4.99 Å². The van der Waals surface area contributed by atoms with Gasteiger partial charge in [0.2, 0.25) is 6.79 Å². The second kappa shape index (κ2) is 6.97. The van der Waals surface area contributed by atoms with E-state index in [1.54, 1.807) is 0 Å². The minimum atomic E-state index is -0.489. The molecule has 0 fully saturated rings. The average molecular weight is 353 g/mol. The van der Waals surface area contributed by atoms with E-state index in [1.807, 2.05) is 43.3 Å². The number of rotatable bonds is 4. The van der Waals surface area contributed by atoms with Crippen LogP contribution in [0.2, 0.25) is 0 Å². The second-order valence-electron chi connectivity index (χ2n) is 6.74. The van der Waals surface area contributed by atoms with E-state index in [2.05, 4.69) is 10.3 Å². The van der Waals surface area contributed by atoms with Crippen LogP contribution in [-0.2, 0) is 12.8 Å². The molecule has 1 aliphatic carbocycles. The van der Waals surface area contributed by atoms with Crippen molar-refractivity contribution >= 4 is 11.5 Å². The molecule has 0 bridgehead atoms. The molecule has 2 aromatic rings. The Morgan fingerprint density at radius 2 is 2.08 bits per heavy atom. The summed E-state index contributed by atoms with van der Waals surface area (Å²) in [5.41, 5.74) is 10.3. The van der Waals surface area contributed by atoms with Crippen LogP contribution < -0.4 is 20.5 Å². The fourth-order valence-electron chi connectivity index (χ4n) is 3.43. The molecule has 136 valence electrons. The Morgan fingerprint density at radius 1 is 1.23 bits per heavy atom. The van der Waals surface area contributed by atoms with Gasteiger partial charge in [0.15, 0.2) is 11.5 Å². The van der Waals surface area contributed by atoms with Crippen LogP contribution in [0.1, 0.15) is 29.7 Å². The summed E-state index contributed by atoms with van der Waals surface area (Å²) >= 11 is 0. The molecular formula is C20H23N3O3. The largest absolute Gasteiger partial charge is 0.454 e. The molecule has 0 saturated heterocycles. The van der Waals surface area contributed by atoms with Crippen molar-refractivity contribution in [3.63, 3.8) is 0 Å². The first-order valence-electron chi connectivity index (χ1n) is 8.83. The lowest BCUT2D eigenvalue weighted by Crippen LogP contribution is -2.21. The highest BCUT2D eigenvalue weighted by Gasteiger charge is 2.27. The maximum Gasteiger partial charge on any atom is 0.231 e. The Balaban J connectivity index is 1.36. The van der Waals surface area contributed by atoms with E-state index < -0.39 is 6.10 Å². The number of nitrogens with one attached hydrogen (secondary N) is 1. The Morgan fingerprint density at radius 3 is 2.96 bits per heavy atom. The Bertz CT molecular complexity index is 850. The molecule has 1 aliphatic heterocycles. The van der Waals surface area contributed by atoms with Crippen LogP contribution in [0.4, 0.5) is 5.69 Å². The summed E-state index contributed by atoms with van der Waals surface area (Å²) in [5, 5.41) is 13.2. The van der Waals surface area contributed by atoms with Crippen LogP contribution in [0.15, 0.2) is 41.4 Å². The highest BCUT2D eigenvalue weighted by molar-refractivity contribution is 5.93. The minimum absolute atomic E-state index is 0.293. The van der Waals surface area contributed by atoms with E-state index in [1.165, 1.54) is 5.56 Å². The van der Waals surface area contributed by atoms with Gasteiger partial charge in [0.25, 0.3) is 0 Å². The number of aliphatic hydroxyl groups excluding tert-OH is 1. The number of nitrogens with zero attached hydrogens (tertiary/aromatic N) is 1. The van der Waals surface area contributed by atoms with Gasteiger partial charge in [-0.1, -0.05) is 12.1 Å². The number of anilines is 1. The van der Waals surface area contributed by atoms with Gasteiger partial charge < -0.3 is 25.6 Å². The van der Waals surface area contributed by atoms with Crippen LogP contribution >= 0.6 is 0 Å². The van der Waals surface area contributed by atoms with Crippen molar-refractivity contribution in [2.75, 3.05) is 18.7 Å². The van der Waals surface area contributed by atoms with E-state index in [9.17, 15) is 5.11 Å². The summed E-state index contributed by atoms with van der Waals surface area (Å²) in [7, 11) is 0. The lowest BCUT2D eigenvalue weighted by atomic mass is 10.1. The number of benzene rings is 2. The molecule has 2 atom stereocenters. The fraction of sp³-hybridized carbons (Fsp3) is 0.350. The molecule has 1 heterocycles. The van der Waals surface area contributed by atoms with Crippen molar-refractivity contribution in [2.24, 2.45) is 10.7 Å². The molecule has 2 aliphatic rings. The third-order valence-electron chi connectivity index (χ3n) is 4.86. The van der Waals surface area contributed by atoms with Crippen molar-refractivity contribution in [3.8, 4) is 11.5 Å². The third kappa shape index (κ3) is 3.38. The van der Waals surface area contributed by atoms with Crippen LogP contribution in [0.25, 0.3) is 0 Å². The molecule has 2 aromatic carbocycles. The summed E-state index contributed by atoms with van der Waals surface area (Å²) in [6.45, 7) is 2.92. The van der Waals surface area contributed by atoms with Crippen molar-refractivity contribution in [1.82, 2.24) is 0 Å². The summed E-state index contributed by atoms with van der Waals surface area (Å²) in [4.78, 5) is 4.59. The van der Waals surface area contributed by atoms with Crippen molar-refractivity contribution in [2.45, 2.75) is 31.9 Å². The monoisotopic (exact) mass is 353 g/mol. The summed E-state index contributed by atoms with van der Waals surface area (Å²) in [6, 6.07) is 11.7. The standard InChI is InChI=1S/C20H23N3O3/c1-12(22-7-6-13-2-5-18-19(8-13)26-11-25-18)23-15-4-3-14-9-17(24)20(21)16(14)10-15/h2-5,8,10,17,20,24H,6-7,9,11,21H2,1H3,(H,22,23)/t17-,20-/m1/s1. The van der Waals surface area contributed by atoms with Crippen molar-refractivity contribution < 1.29 is 14.6 Å². The van der Waals surface area contributed by atoms with Gasteiger partial charge in [-0.2, -0.15) is 0 Å². The maximum absolute atomic E-state index is 9.89. The fourth-order valence-corrected chi connectivity index (χ4v) is 3.43. The molecule has 4 rings (SSSR count). The van der Waals surface area contributed by atoms with Crippen molar-refractivity contribution in [1.29, 1.82) is 0 Å². The zero-order chi connectivity index (χ0) is 18.1. The molecule has 0 saturated carbocycles. The molecule has 0 spiro atoms. The van der Waals surface area contributed by atoms with E-state index in [4.69, 9.17) is 15.2 Å². The molecular weight excluding hydrogens is 330 g/mol. The molecule has 6 nitrogen and oxygen atoms in total. The molecule has 0 amide bonds. The smallest absolute Gasteiger partial charge is 0.231 e. The highest BCUT2D eigenvalue weighted by Crippen LogP contribution is 2.33. The normalized spacial score (nSPS) is 21.0. The topological polar surface area (TPSA) is 89.1 Å². The molecule has 0 unspecified atom stereocenters. The number of fused-ring (bicyclic) bond motifs is 2. The summed E-state index contributed by atoms with van der Waals surface area (Å²) < 4.78 is 10.7. The first kappa shape index (κ1) is 16.9. The van der Waals surface area contributed by atoms with Crippen LogP contribution in [0, 0.1) is 0 Å². The zero-order valence-electron chi connectivity index (χ0n) is 14.7. The van der Waals surface area contributed by atoms with E-state index in [0.29, 0.717) is 19.8 Å². The number of ether oxygens (including phenoxy) is 2. The zero-order valence-corrected chi connectivity index (χ0v) is 14.7. The van der Waals surface area contributed by atoms with E-state index >= 15 is 0 Å². The van der Waals surface area contributed by atoms with Gasteiger partial charge in [0, 0.05) is 18.7 Å². The first-order chi connectivity index (χ1) is 12.6. The molecule has 0 aromatic heterocycles. The molecule has 6 heteroatoms.